The summed E-state index contributed by atoms with van der Waals surface area (Å²) >= 11 is 0. The third-order valence-corrected chi connectivity index (χ3v) is 6.03. The standard InChI is InChI=1S/C25H21F3N6O4/c26-25(27,28)18-9-19(13-30-12-18)31-24(37)34-21-2-1-16(8-20(21)22(32-34)23(35)36)17-7-15(10-29-11-17)14-33-3-5-38-6-4-33/h1-2,7-13H,3-6,14H2,(H,31,37)(H,35,36). The third kappa shape index (κ3) is 5.33. The summed E-state index contributed by atoms with van der Waals surface area (Å²) in [7, 11) is 0. The van der Waals surface area contributed by atoms with Gasteiger partial charge >= 0.3 is 18.2 Å². The van der Waals surface area contributed by atoms with Crippen LogP contribution in [0.15, 0.2) is 55.1 Å². The molecule has 5 rings (SSSR count). The molecule has 0 bridgehead atoms. The number of amides is 1. The molecule has 0 unspecified atom stereocenters. The number of hydrogen-bond acceptors (Lipinski definition) is 7. The Bertz CT molecular complexity index is 1510. The van der Waals surface area contributed by atoms with E-state index in [-0.39, 0.29) is 22.3 Å². The summed E-state index contributed by atoms with van der Waals surface area (Å²) in [6, 6.07) is 6.57. The number of carbonyl (C=O) groups is 2. The molecule has 1 aliphatic heterocycles. The fourth-order valence-corrected chi connectivity index (χ4v) is 4.20. The molecule has 4 heterocycles. The highest BCUT2D eigenvalue weighted by Gasteiger charge is 2.31. The van der Waals surface area contributed by atoms with Crippen LogP contribution in [0.4, 0.5) is 23.7 Å². The van der Waals surface area contributed by atoms with Gasteiger partial charge in [0.1, 0.15) is 0 Å². The van der Waals surface area contributed by atoms with Crippen molar-refractivity contribution in [1.29, 1.82) is 0 Å². The topological polar surface area (TPSA) is 122 Å². The quantitative estimate of drug-likeness (QED) is 0.398. The summed E-state index contributed by atoms with van der Waals surface area (Å²) in [6.07, 6.45) is 0.459. The highest BCUT2D eigenvalue weighted by Crippen LogP contribution is 2.31. The predicted molar refractivity (Wildman–Crippen MR) is 130 cm³/mol. The average Bonchev–Trinajstić information content (AvgIpc) is 3.29. The number of halogens is 3. The van der Waals surface area contributed by atoms with E-state index in [1.807, 2.05) is 6.07 Å². The number of pyridine rings is 2. The molecule has 13 heteroatoms. The first-order valence-electron chi connectivity index (χ1n) is 11.5. The van der Waals surface area contributed by atoms with Gasteiger partial charge < -0.3 is 15.2 Å². The van der Waals surface area contributed by atoms with Crippen LogP contribution in [0.25, 0.3) is 22.0 Å². The lowest BCUT2D eigenvalue weighted by Crippen LogP contribution is -2.35. The van der Waals surface area contributed by atoms with Crippen LogP contribution in [-0.2, 0) is 17.5 Å². The highest BCUT2D eigenvalue weighted by molar-refractivity contribution is 6.06. The number of rotatable bonds is 5. The molecule has 0 radical (unpaired) electrons. The number of ether oxygens (including phenoxy) is 1. The maximum absolute atomic E-state index is 13.0. The van der Waals surface area contributed by atoms with E-state index in [1.54, 1.807) is 24.5 Å². The number of aromatic nitrogens is 4. The van der Waals surface area contributed by atoms with Crippen molar-refractivity contribution in [3.8, 4) is 11.1 Å². The molecule has 4 aromatic rings. The molecule has 0 aliphatic carbocycles. The van der Waals surface area contributed by atoms with Crippen LogP contribution in [0.2, 0.25) is 0 Å². The first-order chi connectivity index (χ1) is 18.2. The molecule has 2 N–H and O–H groups in total. The molecule has 1 aliphatic rings. The monoisotopic (exact) mass is 526 g/mol. The summed E-state index contributed by atoms with van der Waals surface area (Å²) in [6.45, 7) is 3.66. The number of benzene rings is 1. The van der Waals surface area contributed by atoms with Gasteiger partial charge in [-0.15, -0.1) is 0 Å². The van der Waals surface area contributed by atoms with Crippen molar-refractivity contribution in [3.63, 3.8) is 0 Å². The molecule has 38 heavy (non-hydrogen) atoms. The van der Waals surface area contributed by atoms with Gasteiger partial charge in [0.05, 0.1) is 36.2 Å². The van der Waals surface area contributed by atoms with E-state index in [1.165, 1.54) is 6.07 Å². The SMILES string of the molecule is O=C(O)c1nn(C(=O)Nc2cncc(C(F)(F)F)c2)c2ccc(-c3cncc(CN4CCOCC4)c3)cc12. The Morgan fingerprint density at radius 1 is 1.00 bits per heavy atom. The second kappa shape index (κ2) is 10.2. The number of hydrogen-bond donors (Lipinski definition) is 2. The Hall–Kier alpha value is -4.36. The zero-order valence-corrected chi connectivity index (χ0v) is 19.8. The molecule has 1 aromatic carbocycles. The van der Waals surface area contributed by atoms with Gasteiger partial charge in [0.25, 0.3) is 0 Å². The molecule has 196 valence electrons. The number of fused-ring (bicyclic) bond motifs is 1. The predicted octanol–water partition coefficient (Wildman–Crippen LogP) is 4.12. The summed E-state index contributed by atoms with van der Waals surface area (Å²) < 4.78 is 45.2. The van der Waals surface area contributed by atoms with E-state index in [2.05, 4.69) is 25.3 Å². The van der Waals surface area contributed by atoms with Crippen molar-refractivity contribution in [1.82, 2.24) is 24.6 Å². The minimum atomic E-state index is -4.65. The fourth-order valence-electron chi connectivity index (χ4n) is 4.20. The number of alkyl halides is 3. The van der Waals surface area contributed by atoms with E-state index >= 15 is 0 Å². The molecule has 3 aromatic heterocycles. The van der Waals surface area contributed by atoms with Crippen molar-refractivity contribution in [2.75, 3.05) is 31.6 Å². The number of carbonyl (C=O) groups excluding carboxylic acids is 1. The molecule has 10 nitrogen and oxygen atoms in total. The molecule has 0 atom stereocenters. The van der Waals surface area contributed by atoms with Crippen molar-refractivity contribution in [2.45, 2.75) is 12.7 Å². The van der Waals surface area contributed by atoms with E-state index in [9.17, 15) is 27.9 Å². The minimum Gasteiger partial charge on any atom is -0.476 e. The first-order valence-corrected chi connectivity index (χ1v) is 11.5. The Labute approximate surface area is 213 Å². The Kier molecular flexibility index (Phi) is 6.78. The lowest BCUT2D eigenvalue weighted by atomic mass is 10.0. The van der Waals surface area contributed by atoms with Crippen molar-refractivity contribution < 1.29 is 32.6 Å². The molecule has 0 saturated carbocycles. The van der Waals surface area contributed by atoms with Gasteiger partial charge in [-0.1, -0.05) is 6.07 Å². The third-order valence-electron chi connectivity index (χ3n) is 6.03. The summed E-state index contributed by atoms with van der Waals surface area (Å²) in [4.78, 5) is 34.9. The average molecular weight is 526 g/mol. The van der Waals surface area contributed by atoms with Crippen LogP contribution >= 0.6 is 0 Å². The lowest BCUT2D eigenvalue weighted by Gasteiger charge is -2.26. The number of carboxylic acid groups (broad SMARTS) is 1. The van der Waals surface area contributed by atoms with E-state index in [4.69, 9.17) is 4.74 Å². The number of nitrogens with zero attached hydrogens (tertiary/aromatic N) is 5. The summed E-state index contributed by atoms with van der Waals surface area (Å²) in [5, 5.41) is 16.1. The van der Waals surface area contributed by atoms with E-state index in [0.29, 0.717) is 31.5 Å². The molecule has 0 spiro atoms. The number of carboxylic acids is 1. The molecule has 1 saturated heterocycles. The lowest BCUT2D eigenvalue weighted by molar-refractivity contribution is -0.137. The molecule has 1 amide bonds. The van der Waals surface area contributed by atoms with Crippen LogP contribution in [0, 0.1) is 0 Å². The number of aromatic carboxylic acids is 1. The Morgan fingerprint density at radius 2 is 1.76 bits per heavy atom. The molecule has 1 fully saturated rings. The highest BCUT2D eigenvalue weighted by atomic mass is 19.4. The van der Waals surface area contributed by atoms with Gasteiger partial charge in [-0.25, -0.2) is 9.59 Å². The zero-order chi connectivity index (χ0) is 26.9. The largest absolute Gasteiger partial charge is 0.476 e. The smallest absolute Gasteiger partial charge is 0.417 e. The van der Waals surface area contributed by atoms with Crippen molar-refractivity contribution in [3.05, 3.63) is 71.9 Å². The maximum atomic E-state index is 13.0. The van der Waals surface area contributed by atoms with Crippen LogP contribution in [0.5, 0.6) is 0 Å². The maximum Gasteiger partial charge on any atom is 0.417 e. The molecular formula is C25H21F3N6O4. The minimum absolute atomic E-state index is 0.168. The van der Waals surface area contributed by atoms with E-state index < -0.39 is 23.7 Å². The first kappa shape index (κ1) is 25.3. The number of morpholine rings is 1. The summed E-state index contributed by atoms with van der Waals surface area (Å²) in [5.41, 5.74) is 0.927. The zero-order valence-electron chi connectivity index (χ0n) is 19.8. The van der Waals surface area contributed by atoms with Crippen LogP contribution < -0.4 is 5.32 Å². The second-order valence-corrected chi connectivity index (χ2v) is 8.66. The second-order valence-electron chi connectivity index (χ2n) is 8.66. The van der Waals surface area contributed by atoms with Crippen LogP contribution in [-0.4, -0.2) is 68.1 Å². The van der Waals surface area contributed by atoms with E-state index in [0.717, 1.165) is 41.2 Å². The van der Waals surface area contributed by atoms with Gasteiger partial charge in [-0.05, 0) is 35.4 Å². The van der Waals surface area contributed by atoms with Gasteiger partial charge in [-0.2, -0.15) is 23.0 Å². The van der Waals surface area contributed by atoms with Crippen molar-refractivity contribution >= 4 is 28.6 Å². The van der Waals surface area contributed by atoms with Gasteiger partial charge in [0, 0.05) is 49.2 Å². The van der Waals surface area contributed by atoms with Crippen molar-refractivity contribution in [2.24, 2.45) is 0 Å². The fraction of sp³-hybridized carbons (Fsp3) is 0.240. The Morgan fingerprint density at radius 3 is 2.50 bits per heavy atom. The van der Waals surface area contributed by atoms with Crippen LogP contribution in [0.3, 0.4) is 0 Å². The number of anilines is 1. The Balaban J connectivity index is 1.45. The van der Waals surface area contributed by atoms with Crippen LogP contribution in [0.1, 0.15) is 21.6 Å². The van der Waals surface area contributed by atoms with Gasteiger partial charge in [-0.3, -0.25) is 14.9 Å². The summed E-state index contributed by atoms with van der Waals surface area (Å²) in [5.74, 6) is -1.36. The number of nitrogens with one attached hydrogen (secondary N) is 1. The van der Waals surface area contributed by atoms with Gasteiger partial charge in [0.15, 0.2) is 5.69 Å². The molecular weight excluding hydrogens is 505 g/mol. The normalized spacial score (nSPS) is 14.5. The van der Waals surface area contributed by atoms with Gasteiger partial charge in [0.2, 0.25) is 0 Å².